The van der Waals surface area contributed by atoms with Crippen LogP contribution in [0, 0.1) is 0 Å². The summed E-state index contributed by atoms with van der Waals surface area (Å²) in [5.41, 5.74) is 7.43. The van der Waals surface area contributed by atoms with Crippen LogP contribution in [-0.2, 0) is 4.74 Å². The second-order valence-corrected chi connectivity index (χ2v) is 6.46. The number of benzene rings is 1. The lowest BCUT2D eigenvalue weighted by Crippen LogP contribution is -2.54. The number of hydrogen-bond acceptors (Lipinski definition) is 4. The molecule has 0 spiro atoms. The molecule has 1 fully saturated rings. The van der Waals surface area contributed by atoms with E-state index in [0.29, 0.717) is 13.2 Å². The molecule has 3 N–H and O–H groups in total. The van der Waals surface area contributed by atoms with Gasteiger partial charge in [0.05, 0.1) is 25.4 Å². The number of halogens is 1. The summed E-state index contributed by atoms with van der Waals surface area (Å²) in [7, 11) is 0. The second-order valence-electron chi connectivity index (χ2n) is 5.54. The van der Waals surface area contributed by atoms with Crippen molar-refractivity contribution in [2.75, 3.05) is 19.8 Å². The predicted molar refractivity (Wildman–Crippen MR) is 83.5 cm³/mol. The zero-order valence-electron chi connectivity index (χ0n) is 12.0. The largest absolute Gasteiger partial charge is 0.394 e. The standard InChI is InChI=1S/C15H23BrN2O2/c1-10-9-20-14(8-19)7-18(10)15(11(2)17)12-4-3-5-13(16)6-12/h3-6,10-11,14-15,19H,7-9,17H2,1-2H3. The highest BCUT2D eigenvalue weighted by molar-refractivity contribution is 9.10. The first kappa shape index (κ1) is 15.9. The Morgan fingerprint density at radius 2 is 2.30 bits per heavy atom. The topological polar surface area (TPSA) is 58.7 Å². The van der Waals surface area contributed by atoms with E-state index in [4.69, 9.17) is 10.5 Å². The molecule has 0 aromatic heterocycles. The maximum atomic E-state index is 9.34. The van der Waals surface area contributed by atoms with Crippen LogP contribution in [0.2, 0.25) is 0 Å². The highest BCUT2D eigenvalue weighted by atomic mass is 79.9. The molecule has 1 heterocycles. The third-order valence-corrected chi connectivity index (χ3v) is 4.30. The number of morpholine rings is 1. The van der Waals surface area contributed by atoms with E-state index in [-0.39, 0.29) is 30.8 Å². The molecule has 1 saturated heterocycles. The van der Waals surface area contributed by atoms with Gasteiger partial charge in [-0.2, -0.15) is 0 Å². The highest BCUT2D eigenvalue weighted by Crippen LogP contribution is 2.30. The summed E-state index contributed by atoms with van der Waals surface area (Å²) in [6.45, 7) is 5.55. The Morgan fingerprint density at radius 3 is 2.90 bits per heavy atom. The number of hydrogen-bond donors (Lipinski definition) is 2. The van der Waals surface area contributed by atoms with E-state index in [0.717, 1.165) is 4.47 Å². The van der Waals surface area contributed by atoms with Crippen molar-refractivity contribution >= 4 is 15.9 Å². The molecule has 2 rings (SSSR count). The van der Waals surface area contributed by atoms with Crippen molar-refractivity contribution in [1.82, 2.24) is 4.90 Å². The molecular formula is C15H23BrN2O2. The van der Waals surface area contributed by atoms with Gasteiger partial charge in [-0.15, -0.1) is 0 Å². The molecule has 1 aliphatic rings. The Kier molecular flexibility index (Phi) is 5.57. The number of rotatable bonds is 4. The Labute approximate surface area is 129 Å². The van der Waals surface area contributed by atoms with Crippen molar-refractivity contribution in [2.24, 2.45) is 5.73 Å². The van der Waals surface area contributed by atoms with Crippen LogP contribution >= 0.6 is 15.9 Å². The number of aliphatic hydroxyl groups excluding tert-OH is 1. The van der Waals surface area contributed by atoms with Crippen LogP contribution in [-0.4, -0.2) is 48.0 Å². The molecule has 0 bridgehead atoms. The summed E-state index contributed by atoms with van der Waals surface area (Å²) in [5.74, 6) is 0. The fraction of sp³-hybridized carbons (Fsp3) is 0.600. The zero-order chi connectivity index (χ0) is 14.7. The smallest absolute Gasteiger partial charge is 0.0933 e. The van der Waals surface area contributed by atoms with Crippen molar-refractivity contribution in [3.63, 3.8) is 0 Å². The molecule has 1 aromatic carbocycles. The maximum absolute atomic E-state index is 9.34. The molecule has 20 heavy (non-hydrogen) atoms. The van der Waals surface area contributed by atoms with E-state index in [1.54, 1.807) is 0 Å². The third kappa shape index (κ3) is 3.59. The molecular weight excluding hydrogens is 320 g/mol. The molecule has 4 nitrogen and oxygen atoms in total. The van der Waals surface area contributed by atoms with E-state index < -0.39 is 0 Å². The van der Waals surface area contributed by atoms with Crippen LogP contribution < -0.4 is 5.73 Å². The van der Waals surface area contributed by atoms with Gasteiger partial charge in [-0.1, -0.05) is 28.1 Å². The van der Waals surface area contributed by atoms with Gasteiger partial charge in [-0.05, 0) is 31.5 Å². The summed E-state index contributed by atoms with van der Waals surface area (Å²) < 4.78 is 6.67. The lowest BCUT2D eigenvalue weighted by atomic mass is 9.96. The van der Waals surface area contributed by atoms with E-state index in [1.807, 2.05) is 19.1 Å². The van der Waals surface area contributed by atoms with Gasteiger partial charge in [-0.25, -0.2) is 0 Å². The van der Waals surface area contributed by atoms with Crippen molar-refractivity contribution in [2.45, 2.75) is 38.1 Å². The number of aliphatic hydroxyl groups is 1. The van der Waals surface area contributed by atoms with E-state index in [2.05, 4.69) is 39.9 Å². The van der Waals surface area contributed by atoms with Gasteiger partial charge in [0.25, 0.3) is 0 Å². The average Bonchev–Trinajstić information content (AvgIpc) is 2.41. The molecule has 112 valence electrons. The predicted octanol–water partition coefficient (Wildman–Crippen LogP) is 1.92. The number of nitrogens with zero attached hydrogens (tertiary/aromatic N) is 1. The lowest BCUT2D eigenvalue weighted by molar-refractivity contribution is -0.0941. The Balaban J connectivity index is 2.27. The van der Waals surface area contributed by atoms with Crippen LogP contribution in [0.25, 0.3) is 0 Å². The summed E-state index contributed by atoms with van der Waals surface area (Å²) >= 11 is 3.52. The molecule has 0 radical (unpaired) electrons. The van der Waals surface area contributed by atoms with Crippen molar-refractivity contribution in [1.29, 1.82) is 0 Å². The Bertz CT molecular complexity index is 442. The lowest BCUT2D eigenvalue weighted by Gasteiger charge is -2.44. The minimum atomic E-state index is -0.125. The molecule has 0 amide bonds. The van der Waals surface area contributed by atoms with Crippen LogP contribution in [0.3, 0.4) is 0 Å². The van der Waals surface area contributed by atoms with Crippen molar-refractivity contribution in [3.8, 4) is 0 Å². The van der Waals surface area contributed by atoms with Crippen LogP contribution in [0.5, 0.6) is 0 Å². The van der Waals surface area contributed by atoms with Gasteiger partial charge in [0.1, 0.15) is 0 Å². The molecule has 4 atom stereocenters. The van der Waals surface area contributed by atoms with Crippen LogP contribution in [0.4, 0.5) is 0 Å². The van der Waals surface area contributed by atoms with Crippen LogP contribution in [0.1, 0.15) is 25.5 Å². The van der Waals surface area contributed by atoms with Gasteiger partial charge in [0, 0.05) is 23.1 Å². The number of nitrogens with two attached hydrogens (primary N) is 1. The number of ether oxygens (including phenoxy) is 1. The van der Waals surface area contributed by atoms with Crippen LogP contribution in [0.15, 0.2) is 28.7 Å². The summed E-state index contributed by atoms with van der Waals surface area (Å²) in [6, 6.07) is 8.68. The van der Waals surface area contributed by atoms with Gasteiger partial charge in [-0.3, -0.25) is 4.90 Å². The molecule has 1 aromatic rings. The first-order valence-corrected chi connectivity index (χ1v) is 7.81. The SMILES string of the molecule is CC(N)C(c1cccc(Br)c1)N1CC(CO)OCC1C. The highest BCUT2D eigenvalue weighted by Gasteiger charge is 2.33. The van der Waals surface area contributed by atoms with Gasteiger partial charge in [0.2, 0.25) is 0 Å². The molecule has 5 heteroatoms. The normalized spacial score (nSPS) is 27.2. The molecule has 0 saturated carbocycles. The Hall–Kier alpha value is -0.460. The summed E-state index contributed by atoms with van der Waals surface area (Å²) in [4.78, 5) is 2.34. The first-order chi connectivity index (χ1) is 9.52. The monoisotopic (exact) mass is 342 g/mol. The molecule has 1 aliphatic heterocycles. The van der Waals surface area contributed by atoms with E-state index >= 15 is 0 Å². The Morgan fingerprint density at radius 1 is 1.55 bits per heavy atom. The van der Waals surface area contributed by atoms with Crippen molar-refractivity contribution in [3.05, 3.63) is 34.3 Å². The maximum Gasteiger partial charge on any atom is 0.0933 e. The van der Waals surface area contributed by atoms with Gasteiger partial charge >= 0.3 is 0 Å². The quantitative estimate of drug-likeness (QED) is 0.877. The van der Waals surface area contributed by atoms with E-state index in [1.165, 1.54) is 5.56 Å². The molecule has 4 unspecified atom stereocenters. The fourth-order valence-electron chi connectivity index (χ4n) is 2.82. The summed E-state index contributed by atoms with van der Waals surface area (Å²) in [5, 5.41) is 9.34. The average molecular weight is 343 g/mol. The third-order valence-electron chi connectivity index (χ3n) is 3.80. The minimum absolute atomic E-state index is 0.00388. The van der Waals surface area contributed by atoms with Crippen molar-refractivity contribution < 1.29 is 9.84 Å². The minimum Gasteiger partial charge on any atom is -0.394 e. The van der Waals surface area contributed by atoms with Gasteiger partial charge in [0.15, 0.2) is 0 Å². The molecule has 0 aliphatic carbocycles. The second kappa shape index (κ2) is 7.00. The van der Waals surface area contributed by atoms with Gasteiger partial charge < -0.3 is 15.6 Å². The summed E-state index contributed by atoms with van der Waals surface area (Å²) in [6.07, 6.45) is -0.125. The first-order valence-electron chi connectivity index (χ1n) is 7.02. The fourth-order valence-corrected chi connectivity index (χ4v) is 3.24. The zero-order valence-corrected chi connectivity index (χ0v) is 13.6. The van der Waals surface area contributed by atoms with E-state index in [9.17, 15) is 5.11 Å².